The molecule has 0 atom stereocenters. The summed E-state index contributed by atoms with van der Waals surface area (Å²) in [5.74, 6) is -15.7. The van der Waals surface area contributed by atoms with E-state index in [4.69, 9.17) is 13.9 Å². The topological polar surface area (TPSA) is 102 Å². The average molecular weight is 539 g/mol. The molecule has 2 amide bonds. The number of nitrogens with zero attached hydrogens (tertiary/aromatic N) is 1. The van der Waals surface area contributed by atoms with Crippen molar-refractivity contribution in [1.82, 2.24) is 5.43 Å². The summed E-state index contributed by atoms with van der Waals surface area (Å²) in [5.41, 5.74) is 1.50. The number of benzene rings is 1. The van der Waals surface area contributed by atoms with Gasteiger partial charge in [0.25, 0.3) is 5.91 Å². The highest BCUT2D eigenvalue weighted by Gasteiger charge is 2.76. The Labute approximate surface area is 204 Å². The number of amides is 2. The molecule has 8 nitrogen and oxygen atoms in total. The van der Waals surface area contributed by atoms with E-state index in [9.17, 15) is 40.3 Å². The minimum atomic E-state index is -6.67. The van der Waals surface area contributed by atoms with Crippen LogP contribution in [0, 0.1) is 6.92 Å². The fourth-order valence-corrected chi connectivity index (χ4v) is 3.60. The highest BCUT2D eigenvalue weighted by Crippen LogP contribution is 2.46. The number of ether oxygens (including phenoxy) is 2. The Bertz CT molecular complexity index is 1240. The van der Waals surface area contributed by atoms with Crippen molar-refractivity contribution < 1.29 is 54.2 Å². The van der Waals surface area contributed by atoms with Gasteiger partial charge in [0, 0.05) is 23.6 Å². The summed E-state index contributed by atoms with van der Waals surface area (Å²) in [7, 11) is 2.79. The Balaban J connectivity index is 1.88. The maximum atomic E-state index is 13.6. The minimum absolute atomic E-state index is 0.0274. The number of fused-ring (bicyclic) bond motifs is 1. The molecular formula is C22H20F7N3O5. The molecule has 0 unspecified atom stereocenters. The third kappa shape index (κ3) is 5.06. The van der Waals surface area contributed by atoms with E-state index in [1.165, 1.54) is 27.2 Å². The summed E-state index contributed by atoms with van der Waals surface area (Å²) >= 11 is 0. The van der Waals surface area contributed by atoms with Crippen LogP contribution in [0.5, 0.6) is 11.5 Å². The Hall–Kier alpha value is -3.78. The number of carbonyl (C=O) groups is 2. The smallest absolute Gasteiger partial charge is 0.460 e. The van der Waals surface area contributed by atoms with Gasteiger partial charge in [0.2, 0.25) is 0 Å². The summed E-state index contributed by atoms with van der Waals surface area (Å²) < 4.78 is 106. The van der Waals surface area contributed by atoms with Gasteiger partial charge in [-0.3, -0.25) is 9.59 Å². The largest absolute Gasteiger partial charge is 0.497 e. The van der Waals surface area contributed by atoms with Gasteiger partial charge in [-0.15, -0.1) is 0 Å². The lowest BCUT2D eigenvalue weighted by molar-refractivity contribution is -0.344. The number of furan rings is 1. The SMILES string of the molecule is COc1ccc(OC)c(NC(=O)c2oc3c(c2C)/C(=N/NC(=O)C(F)(F)C(F)(F)C(F)(F)F)CCC3)c1. The molecular weight excluding hydrogens is 519 g/mol. The molecule has 0 fully saturated rings. The van der Waals surface area contributed by atoms with E-state index in [1.807, 2.05) is 0 Å². The average Bonchev–Trinajstić information content (AvgIpc) is 3.18. The molecule has 202 valence electrons. The number of aryl methyl sites for hydroxylation is 1. The number of halogens is 7. The van der Waals surface area contributed by atoms with Gasteiger partial charge in [-0.25, -0.2) is 5.43 Å². The number of carbonyl (C=O) groups excluding carboxylic acids is 2. The molecule has 1 aromatic heterocycles. The number of alkyl halides is 7. The van der Waals surface area contributed by atoms with Gasteiger partial charge in [-0.1, -0.05) is 0 Å². The van der Waals surface area contributed by atoms with E-state index in [0.717, 1.165) is 5.43 Å². The standard InChI is InChI=1S/C22H20F7N3O5/c1-10-16-12(31-32-19(34)20(23,24)21(25,26)22(27,28)29)5-4-6-15(16)37-17(10)18(33)30-13-9-11(35-2)7-8-14(13)36-3/h7-9H,4-6H2,1-3H3,(H,30,33)(H,32,34)/b31-12+. The first-order valence-corrected chi connectivity index (χ1v) is 10.5. The fourth-order valence-electron chi connectivity index (χ4n) is 3.60. The first-order chi connectivity index (χ1) is 17.2. The number of anilines is 1. The number of methoxy groups -OCH3 is 2. The van der Waals surface area contributed by atoms with Crippen LogP contribution in [0.1, 0.15) is 40.3 Å². The second-order valence-corrected chi connectivity index (χ2v) is 7.87. The lowest BCUT2D eigenvalue weighted by Crippen LogP contribution is -2.58. The summed E-state index contributed by atoms with van der Waals surface area (Å²) in [4.78, 5) is 24.5. The highest BCUT2D eigenvalue weighted by molar-refractivity contribution is 6.09. The van der Waals surface area contributed by atoms with Crippen molar-refractivity contribution in [3.63, 3.8) is 0 Å². The molecule has 0 spiro atoms. The van der Waals surface area contributed by atoms with Gasteiger partial charge in [-0.05, 0) is 31.9 Å². The molecule has 37 heavy (non-hydrogen) atoms. The normalized spacial score (nSPS) is 15.2. The van der Waals surface area contributed by atoms with Crippen LogP contribution in [0.2, 0.25) is 0 Å². The quantitative estimate of drug-likeness (QED) is 0.387. The minimum Gasteiger partial charge on any atom is -0.497 e. The van der Waals surface area contributed by atoms with E-state index in [0.29, 0.717) is 17.9 Å². The second kappa shape index (κ2) is 9.94. The van der Waals surface area contributed by atoms with Crippen molar-refractivity contribution in [3.8, 4) is 11.5 Å². The van der Waals surface area contributed by atoms with Gasteiger partial charge < -0.3 is 19.2 Å². The molecule has 2 aromatic rings. The van der Waals surface area contributed by atoms with Gasteiger partial charge in [0.1, 0.15) is 17.3 Å². The summed E-state index contributed by atoms with van der Waals surface area (Å²) in [5, 5.41) is 5.94. The Morgan fingerprint density at radius 2 is 1.70 bits per heavy atom. The number of hydrogen-bond donors (Lipinski definition) is 2. The van der Waals surface area contributed by atoms with Crippen LogP contribution in [0.3, 0.4) is 0 Å². The maximum Gasteiger partial charge on any atom is 0.460 e. The first-order valence-electron chi connectivity index (χ1n) is 10.5. The molecule has 1 aromatic carbocycles. The predicted octanol–water partition coefficient (Wildman–Crippen LogP) is 4.85. The third-order valence-electron chi connectivity index (χ3n) is 5.51. The van der Waals surface area contributed by atoms with E-state index in [2.05, 4.69) is 10.4 Å². The van der Waals surface area contributed by atoms with Crippen molar-refractivity contribution in [1.29, 1.82) is 0 Å². The number of nitrogens with one attached hydrogen (secondary N) is 2. The monoisotopic (exact) mass is 539 g/mol. The Kier molecular flexibility index (Phi) is 7.47. The molecule has 0 saturated heterocycles. The third-order valence-corrected chi connectivity index (χ3v) is 5.51. The fraction of sp³-hybridized carbons (Fsp3) is 0.409. The van der Waals surface area contributed by atoms with Gasteiger partial charge >= 0.3 is 23.9 Å². The molecule has 1 aliphatic carbocycles. The first kappa shape index (κ1) is 27.8. The predicted molar refractivity (Wildman–Crippen MR) is 115 cm³/mol. The van der Waals surface area contributed by atoms with Crippen molar-refractivity contribution in [3.05, 3.63) is 40.8 Å². The van der Waals surface area contributed by atoms with Crippen LogP contribution >= 0.6 is 0 Å². The van der Waals surface area contributed by atoms with Gasteiger partial charge in [0.05, 0.1) is 25.6 Å². The zero-order chi connectivity index (χ0) is 27.8. The van der Waals surface area contributed by atoms with Crippen LogP contribution in [0.25, 0.3) is 0 Å². The van der Waals surface area contributed by atoms with Crippen molar-refractivity contribution in [2.24, 2.45) is 5.10 Å². The van der Waals surface area contributed by atoms with Crippen LogP contribution < -0.4 is 20.2 Å². The lowest BCUT2D eigenvalue weighted by atomic mass is 9.93. The van der Waals surface area contributed by atoms with Crippen LogP contribution in [-0.4, -0.2) is 49.8 Å². The number of rotatable bonds is 7. The molecule has 3 rings (SSSR count). The van der Waals surface area contributed by atoms with Crippen LogP contribution in [0.15, 0.2) is 27.7 Å². The molecule has 1 heterocycles. The molecule has 1 aliphatic rings. The van der Waals surface area contributed by atoms with Crippen molar-refractivity contribution in [2.45, 2.75) is 44.2 Å². The molecule has 0 radical (unpaired) electrons. The molecule has 0 aliphatic heterocycles. The Morgan fingerprint density at radius 1 is 1.03 bits per heavy atom. The van der Waals surface area contributed by atoms with E-state index in [1.54, 1.807) is 12.1 Å². The zero-order valence-corrected chi connectivity index (χ0v) is 19.5. The van der Waals surface area contributed by atoms with Crippen LogP contribution in [-0.2, 0) is 11.2 Å². The van der Waals surface area contributed by atoms with Crippen molar-refractivity contribution in [2.75, 3.05) is 19.5 Å². The lowest BCUT2D eigenvalue weighted by Gasteiger charge is -2.26. The molecule has 2 N–H and O–H groups in total. The van der Waals surface area contributed by atoms with Crippen molar-refractivity contribution >= 4 is 23.2 Å². The molecule has 0 bridgehead atoms. The van der Waals surface area contributed by atoms with E-state index < -0.39 is 29.8 Å². The zero-order valence-electron chi connectivity index (χ0n) is 19.5. The highest BCUT2D eigenvalue weighted by atomic mass is 19.4. The summed E-state index contributed by atoms with van der Waals surface area (Å²) in [6.07, 6.45) is -6.07. The number of hydrazone groups is 1. The number of hydrogen-bond acceptors (Lipinski definition) is 6. The van der Waals surface area contributed by atoms with E-state index in [-0.39, 0.29) is 46.9 Å². The van der Waals surface area contributed by atoms with Gasteiger partial charge in [0.15, 0.2) is 5.76 Å². The summed E-state index contributed by atoms with van der Waals surface area (Å²) in [6, 6.07) is 4.62. The second-order valence-electron chi connectivity index (χ2n) is 7.87. The molecule has 15 heteroatoms. The van der Waals surface area contributed by atoms with Crippen LogP contribution in [0.4, 0.5) is 36.4 Å². The maximum absolute atomic E-state index is 13.6. The molecule has 0 saturated carbocycles. The Morgan fingerprint density at radius 3 is 2.30 bits per heavy atom. The van der Waals surface area contributed by atoms with E-state index >= 15 is 0 Å². The summed E-state index contributed by atoms with van der Waals surface area (Å²) in [6.45, 7) is 1.43. The van der Waals surface area contributed by atoms with Gasteiger partial charge in [-0.2, -0.15) is 35.8 Å².